The van der Waals surface area contributed by atoms with E-state index in [4.69, 9.17) is 4.42 Å². The average Bonchev–Trinajstić information content (AvgIpc) is 2.77. The zero-order chi connectivity index (χ0) is 12.1. The predicted octanol–water partition coefficient (Wildman–Crippen LogP) is 2.79. The van der Waals surface area contributed by atoms with Gasteiger partial charge in [-0.15, -0.1) is 0 Å². The SMILES string of the molecule is CNCCc1cnc(Cc2ccc(Br)cc2)o1. The Bertz CT molecular complexity index is 465. The molecule has 0 bridgehead atoms. The maximum Gasteiger partial charge on any atom is 0.198 e. The molecule has 1 aromatic heterocycles. The molecule has 0 fully saturated rings. The number of nitrogens with zero attached hydrogens (tertiary/aromatic N) is 1. The number of nitrogens with one attached hydrogen (secondary N) is 1. The Kier molecular flexibility index (Phi) is 4.34. The maximum absolute atomic E-state index is 5.66. The average molecular weight is 295 g/mol. The van der Waals surface area contributed by atoms with Crippen LogP contribution in [0.3, 0.4) is 0 Å². The van der Waals surface area contributed by atoms with Crippen LogP contribution in [0.25, 0.3) is 0 Å². The topological polar surface area (TPSA) is 38.1 Å². The molecule has 0 atom stereocenters. The zero-order valence-corrected chi connectivity index (χ0v) is 11.3. The van der Waals surface area contributed by atoms with Crippen molar-refractivity contribution < 1.29 is 4.42 Å². The molecular formula is C13H15BrN2O. The molecule has 17 heavy (non-hydrogen) atoms. The summed E-state index contributed by atoms with van der Waals surface area (Å²) in [5.74, 6) is 1.71. The zero-order valence-electron chi connectivity index (χ0n) is 9.74. The van der Waals surface area contributed by atoms with Gasteiger partial charge in [0.25, 0.3) is 0 Å². The Morgan fingerprint density at radius 3 is 2.76 bits per heavy atom. The minimum absolute atomic E-state index is 0.743. The molecule has 0 saturated carbocycles. The third-order valence-electron chi connectivity index (χ3n) is 2.49. The molecule has 0 saturated heterocycles. The van der Waals surface area contributed by atoms with Crippen LogP contribution in [0.5, 0.6) is 0 Å². The number of benzene rings is 1. The van der Waals surface area contributed by atoms with Crippen LogP contribution in [0.4, 0.5) is 0 Å². The molecule has 0 radical (unpaired) electrons. The second kappa shape index (κ2) is 5.98. The van der Waals surface area contributed by atoms with Gasteiger partial charge in [-0.25, -0.2) is 4.98 Å². The Morgan fingerprint density at radius 2 is 2.06 bits per heavy atom. The summed E-state index contributed by atoms with van der Waals surface area (Å²) in [6, 6.07) is 8.20. The van der Waals surface area contributed by atoms with Crippen LogP contribution >= 0.6 is 15.9 Å². The molecule has 2 rings (SSSR count). The normalized spacial score (nSPS) is 10.7. The molecule has 0 aliphatic carbocycles. The first kappa shape index (κ1) is 12.3. The number of aromatic nitrogens is 1. The minimum Gasteiger partial charge on any atom is -0.445 e. The van der Waals surface area contributed by atoms with Crippen molar-refractivity contribution in [1.29, 1.82) is 0 Å². The highest BCUT2D eigenvalue weighted by atomic mass is 79.9. The molecule has 4 heteroatoms. The van der Waals surface area contributed by atoms with E-state index < -0.39 is 0 Å². The lowest BCUT2D eigenvalue weighted by Gasteiger charge is -1.98. The quantitative estimate of drug-likeness (QED) is 0.921. The van der Waals surface area contributed by atoms with Gasteiger partial charge < -0.3 is 9.73 Å². The number of likely N-dealkylation sites (N-methyl/N-ethyl adjacent to an activating group) is 1. The van der Waals surface area contributed by atoms with Crippen LogP contribution < -0.4 is 5.32 Å². The summed E-state index contributed by atoms with van der Waals surface area (Å²) in [4.78, 5) is 4.28. The van der Waals surface area contributed by atoms with Crippen LogP contribution in [0.15, 0.2) is 39.4 Å². The van der Waals surface area contributed by atoms with Gasteiger partial charge in [0.05, 0.1) is 6.20 Å². The van der Waals surface area contributed by atoms with Crippen molar-refractivity contribution in [3.8, 4) is 0 Å². The Labute approximate surface area is 109 Å². The summed E-state index contributed by atoms with van der Waals surface area (Å²) >= 11 is 3.42. The van der Waals surface area contributed by atoms with Crippen LogP contribution in [-0.4, -0.2) is 18.6 Å². The summed E-state index contributed by atoms with van der Waals surface area (Å²) in [6.45, 7) is 0.910. The molecule has 0 amide bonds. The van der Waals surface area contributed by atoms with E-state index in [1.807, 2.05) is 25.4 Å². The molecule has 1 N–H and O–H groups in total. The maximum atomic E-state index is 5.66. The van der Waals surface area contributed by atoms with Gasteiger partial charge in [0.15, 0.2) is 5.89 Å². The lowest BCUT2D eigenvalue weighted by Crippen LogP contribution is -2.09. The second-order valence-electron chi connectivity index (χ2n) is 3.88. The van der Waals surface area contributed by atoms with Crippen molar-refractivity contribution in [1.82, 2.24) is 10.3 Å². The van der Waals surface area contributed by atoms with Crippen molar-refractivity contribution >= 4 is 15.9 Å². The third-order valence-corrected chi connectivity index (χ3v) is 3.02. The molecule has 0 aliphatic heterocycles. The van der Waals surface area contributed by atoms with Crippen molar-refractivity contribution in [2.75, 3.05) is 13.6 Å². The number of oxazole rings is 1. The number of rotatable bonds is 5. The highest BCUT2D eigenvalue weighted by Gasteiger charge is 2.04. The summed E-state index contributed by atoms with van der Waals surface area (Å²) in [6.07, 6.45) is 3.43. The van der Waals surface area contributed by atoms with E-state index in [0.29, 0.717) is 0 Å². The summed E-state index contributed by atoms with van der Waals surface area (Å²) < 4.78 is 6.74. The molecule has 1 heterocycles. The number of hydrogen-bond acceptors (Lipinski definition) is 3. The molecule has 0 spiro atoms. The van der Waals surface area contributed by atoms with Gasteiger partial charge in [0, 0.05) is 23.9 Å². The second-order valence-corrected chi connectivity index (χ2v) is 4.79. The number of hydrogen-bond donors (Lipinski definition) is 1. The third kappa shape index (κ3) is 3.68. The van der Waals surface area contributed by atoms with Crippen LogP contribution in [0.2, 0.25) is 0 Å². The highest BCUT2D eigenvalue weighted by molar-refractivity contribution is 9.10. The monoisotopic (exact) mass is 294 g/mol. The van der Waals surface area contributed by atoms with E-state index in [1.165, 1.54) is 5.56 Å². The first-order chi connectivity index (χ1) is 8.28. The van der Waals surface area contributed by atoms with Crippen LogP contribution in [0, 0.1) is 0 Å². The molecule has 3 nitrogen and oxygen atoms in total. The van der Waals surface area contributed by atoms with Crippen LogP contribution in [-0.2, 0) is 12.8 Å². The molecule has 0 aliphatic rings. The van der Waals surface area contributed by atoms with E-state index in [2.05, 4.69) is 38.4 Å². The lowest BCUT2D eigenvalue weighted by atomic mass is 10.1. The fourth-order valence-electron chi connectivity index (χ4n) is 1.57. The van der Waals surface area contributed by atoms with E-state index in [9.17, 15) is 0 Å². The molecule has 2 aromatic rings. The Balaban J connectivity index is 1.98. The summed E-state index contributed by atoms with van der Waals surface area (Å²) in [7, 11) is 1.93. The van der Waals surface area contributed by atoms with Gasteiger partial charge in [-0.1, -0.05) is 28.1 Å². The smallest absolute Gasteiger partial charge is 0.198 e. The first-order valence-corrected chi connectivity index (χ1v) is 6.40. The standard InChI is InChI=1S/C13H15BrN2O/c1-15-7-6-12-9-16-13(17-12)8-10-2-4-11(14)5-3-10/h2-5,9,15H,6-8H2,1H3. The van der Waals surface area contributed by atoms with E-state index in [1.54, 1.807) is 0 Å². The minimum atomic E-state index is 0.743. The molecular weight excluding hydrogens is 280 g/mol. The molecule has 90 valence electrons. The van der Waals surface area contributed by atoms with Crippen LogP contribution in [0.1, 0.15) is 17.2 Å². The molecule has 0 unspecified atom stereocenters. The van der Waals surface area contributed by atoms with Gasteiger partial charge in [-0.3, -0.25) is 0 Å². The first-order valence-electron chi connectivity index (χ1n) is 5.60. The van der Waals surface area contributed by atoms with Crippen molar-refractivity contribution in [2.45, 2.75) is 12.8 Å². The fourth-order valence-corrected chi connectivity index (χ4v) is 1.83. The van der Waals surface area contributed by atoms with Gasteiger partial charge in [-0.2, -0.15) is 0 Å². The van der Waals surface area contributed by atoms with Gasteiger partial charge in [0.2, 0.25) is 0 Å². The number of halogens is 1. The largest absolute Gasteiger partial charge is 0.445 e. The summed E-state index contributed by atoms with van der Waals surface area (Å²) in [5.41, 5.74) is 1.20. The van der Waals surface area contributed by atoms with Crippen molar-refractivity contribution in [2.24, 2.45) is 0 Å². The predicted molar refractivity (Wildman–Crippen MR) is 71.1 cm³/mol. The molecule has 1 aromatic carbocycles. The van der Waals surface area contributed by atoms with E-state index >= 15 is 0 Å². The van der Waals surface area contributed by atoms with E-state index in [-0.39, 0.29) is 0 Å². The lowest BCUT2D eigenvalue weighted by molar-refractivity contribution is 0.460. The Hall–Kier alpha value is -1.13. The van der Waals surface area contributed by atoms with Crippen molar-refractivity contribution in [3.05, 3.63) is 52.1 Å². The highest BCUT2D eigenvalue weighted by Crippen LogP contribution is 2.14. The van der Waals surface area contributed by atoms with Gasteiger partial charge in [-0.05, 0) is 24.7 Å². The van der Waals surface area contributed by atoms with E-state index in [0.717, 1.165) is 35.5 Å². The fraction of sp³-hybridized carbons (Fsp3) is 0.308. The van der Waals surface area contributed by atoms with Crippen molar-refractivity contribution in [3.63, 3.8) is 0 Å². The Morgan fingerprint density at radius 1 is 1.29 bits per heavy atom. The van der Waals surface area contributed by atoms with Gasteiger partial charge >= 0.3 is 0 Å². The summed E-state index contributed by atoms with van der Waals surface area (Å²) in [5, 5.41) is 3.09. The van der Waals surface area contributed by atoms with Gasteiger partial charge in [0.1, 0.15) is 5.76 Å².